The van der Waals surface area contributed by atoms with Crippen LogP contribution < -0.4 is 4.90 Å². The van der Waals surface area contributed by atoms with Gasteiger partial charge in [0.2, 0.25) is 0 Å². The number of fused-ring (bicyclic) bond motifs is 1. The number of rotatable bonds is 7. The fraction of sp³-hybridized carbons (Fsp3) is 0.250. The summed E-state index contributed by atoms with van der Waals surface area (Å²) in [7, 11) is 3.92. The minimum absolute atomic E-state index is 0.000591. The number of hydrogen-bond acceptors (Lipinski definition) is 4. The van der Waals surface area contributed by atoms with Gasteiger partial charge in [0, 0.05) is 31.7 Å². The Labute approximate surface area is 181 Å². The molecule has 6 heteroatoms. The van der Waals surface area contributed by atoms with E-state index in [-0.39, 0.29) is 5.91 Å². The van der Waals surface area contributed by atoms with E-state index < -0.39 is 0 Å². The predicted molar refractivity (Wildman–Crippen MR) is 123 cm³/mol. The molecule has 0 atom stereocenters. The van der Waals surface area contributed by atoms with Gasteiger partial charge in [0.25, 0.3) is 5.91 Å². The Morgan fingerprint density at radius 2 is 1.83 bits per heavy atom. The standard InChI is InChI=1S/C24H26N4OS/c1-4-21-23(26(2)17-20-11-8-14-30-20)28-16-19(12-13-22(28)25-21)24(29)27(3)15-18-9-6-5-7-10-18/h5-14,16H,4,15,17H2,1-3H3. The van der Waals surface area contributed by atoms with Crippen molar-refractivity contribution in [2.75, 3.05) is 19.0 Å². The quantitative estimate of drug-likeness (QED) is 0.430. The molecule has 1 amide bonds. The summed E-state index contributed by atoms with van der Waals surface area (Å²) >= 11 is 1.75. The van der Waals surface area contributed by atoms with Gasteiger partial charge < -0.3 is 9.80 Å². The van der Waals surface area contributed by atoms with Gasteiger partial charge in [-0.3, -0.25) is 9.20 Å². The summed E-state index contributed by atoms with van der Waals surface area (Å²) in [6.45, 7) is 3.50. The molecule has 0 aliphatic rings. The molecule has 154 valence electrons. The number of benzene rings is 1. The Balaban J connectivity index is 1.64. The molecule has 0 fully saturated rings. The highest BCUT2D eigenvalue weighted by atomic mass is 32.1. The molecule has 4 aromatic rings. The topological polar surface area (TPSA) is 40.9 Å². The van der Waals surface area contributed by atoms with E-state index in [1.807, 2.05) is 55.7 Å². The second-order valence-corrected chi connectivity index (χ2v) is 8.50. The van der Waals surface area contributed by atoms with E-state index in [1.165, 1.54) is 4.88 Å². The van der Waals surface area contributed by atoms with Gasteiger partial charge in [0.1, 0.15) is 11.5 Å². The van der Waals surface area contributed by atoms with Crippen LogP contribution in [0.2, 0.25) is 0 Å². The van der Waals surface area contributed by atoms with Crippen LogP contribution in [0.25, 0.3) is 5.65 Å². The second-order valence-electron chi connectivity index (χ2n) is 7.46. The van der Waals surface area contributed by atoms with Crippen molar-refractivity contribution in [3.05, 3.63) is 87.9 Å². The average molecular weight is 419 g/mol. The summed E-state index contributed by atoms with van der Waals surface area (Å²) in [5.41, 5.74) is 3.67. The Hall–Kier alpha value is -3.12. The van der Waals surface area contributed by atoms with Crippen LogP contribution in [0.15, 0.2) is 66.2 Å². The van der Waals surface area contributed by atoms with Crippen molar-refractivity contribution in [3.8, 4) is 0 Å². The molecule has 4 rings (SSSR count). The zero-order chi connectivity index (χ0) is 21.1. The van der Waals surface area contributed by atoms with E-state index in [4.69, 9.17) is 4.98 Å². The van der Waals surface area contributed by atoms with Crippen molar-refractivity contribution in [2.45, 2.75) is 26.4 Å². The molecular weight excluding hydrogens is 392 g/mol. The van der Waals surface area contributed by atoms with Gasteiger partial charge in [0.15, 0.2) is 0 Å². The first-order valence-corrected chi connectivity index (χ1v) is 11.0. The first-order chi connectivity index (χ1) is 14.6. The minimum atomic E-state index is -0.000591. The Morgan fingerprint density at radius 3 is 2.53 bits per heavy atom. The Kier molecular flexibility index (Phi) is 5.86. The first-order valence-electron chi connectivity index (χ1n) is 10.1. The maximum absolute atomic E-state index is 13.1. The molecule has 0 aliphatic heterocycles. The van der Waals surface area contributed by atoms with E-state index in [1.54, 1.807) is 16.2 Å². The lowest BCUT2D eigenvalue weighted by Gasteiger charge is -2.20. The third-order valence-corrected chi connectivity index (χ3v) is 6.05. The lowest BCUT2D eigenvalue weighted by Crippen LogP contribution is -2.26. The second kappa shape index (κ2) is 8.71. The number of hydrogen-bond donors (Lipinski definition) is 0. The number of aryl methyl sites for hydroxylation is 1. The molecular formula is C24H26N4OS. The van der Waals surface area contributed by atoms with Gasteiger partial charge in [-0.25, -0.2) is 4.98 Å². The molecule has 5 nitrogen and oxygen atoms in total. The molecule has 0 spiro atoms. The van der Waals surface area contributed by atoms with Gasteiger partial charge in [-0.2, -0.15) is 0 Å². The number of pyridine rings is 1. The molecule has 3 heterocycles. The van der Waals surface area contributed by atoms with Crippen LogP contribution in [0.5, 0.6) is 0 Å². The molecule has 3 aromatic heterocycles. The van der Waals surface area contributed by atoms with Gasteiger partial charge >= 0.3 is 0 Å². The summed E-state index contributed by atoms with van der Waals surface area (Å²) in [6.07, 6.45) is 2.76. The molecule has 0 aliphatic carbocycles. The van der Waals surface area contributed by atoms with Crippen molar-refractivity contribution in [2.24, 2.45) is 0 Å². The van der Waals surface area contributed by atoms with E-state index in [0.717, 1.165) is 35.7 Å². The summed E-state index contributed by atoms with van der Waals surface area (Å²) < 4.78 is 2.05. The molecule has 0 saturated heterocycles. The highest BCUT2D eigenvalue weighted by Gasteiger charge is 2.18. The van der Waals surface area contributed by atoms with Crippen LogP contribution >= 0.6 is 11.3 Å². The van der Waals surface area contributed by atoms with Gasteiger partial charge in [-0.1, -0.05) is 43.3 Å². The molecule has 30 heavy (non-hydrogen) atoms. The van der Waals surface area contributed by atoms with Gasteiger partial charge in [-0.15, -0.1) is 11.3 Å². The number of carbonyl (C=O) groups excluding carboxylic acids is 1. The number of anilines is 1. The first kappa shape index (κ1) is 20.2. The van der Waals surface area contributed by atoms with E-state index in [0.29, 0.717) is 12.1 Å². The van der Waals surface area contributed by atoms with Crippen LogP contribution in [0.4, 0.5) is 5.82 Å². The number of aromatic nitrogens is 2. The normalized spacial score (nSPS) is 11.0. The highest BCUT2D eigenvalue weighted by molar-refractivity contribution is 7.09. The largest absolute Gasteiger partial charge is 0.354 e. The monoisotopic (exact) mass is 418 g/mol. The van der Waals surface area contributed by atoms with Crippen molar-refractivity contribution < 1.29 is 4.79 Å². The fourth-order valence-electron chi connectivity index (χ4n) is 3.71. The van der Waals surface area contributed by atoms with E-state index in [2.05, 4.69) is 40.8 Å². The van der Waals surface area contributed by atoms with Crippen molar-refractivity contribution in [1.29, 1.82) is 0 Å². The van der Waals surface area contributed by atoms with Crippen molar-refractivity contribution in [1.82, 2.24) is 14.3 Å². The molecule has 0 N–H and O–H groups in total. The lowest BCUT2D eigenvalue weighted by atomic mass is 10.2. The van der Waals surface area contributed by atoms with Crippen molar-refractivity contribution in [3.63, 3.8) is 0 Å². The van der Waals surface area contributed by atoms with E-state index >= 15 is 0 Å². The van der Waals surface area contributed by atoms with Crippen molar-refractivity contribution >= 4 is 28.7 Å². The zero-order valence-electron chi connectivity index (χ0n) is 17.6. The third kappa shape index (κ3) is 4.09. The smallest absolute Gasteiger partial charge is 0.255 e. The minimum Gasteiger partial charge on any atom is -0.354 e. The van der Waals surface area contributed by atoms with Crippen LogP contribution in [-0.2, 0) is 19.5 Å². The summed E-state index contributed by atoms with van der Waals surface area (Å²) in [4.78, 5) is 23.1. The maximum Gasteiger partial charge on any atom is 0.255 e. The number of imidazole rings is 1. The molecule has 0 radical (unpaired) electrons. The van der Waals surface area contributed by atoms with Crippen LogP contribution in [-0.4, -0.2) is 34.3 Å². The molecule has 0 bridgehead atoms. The van der Waals surface area contributed by atoms with Crippen LogP contribution in [0.1, 0.15) is 33.4 Å². The average Bonchev–Trinajstić information content (AvgIpc) is 3.40. The number of amides is 1. The zero-order valence-corrected chi connectivity index (χ0v) is 18.4. The number of nitrogens with zero attached hydrogens (tertiary/aromatic N) is 4. The fourth-order valence-corrected chi connectivity index (χ4v) is 4.47. The summed E-state index contributed by atoms with van der Waals surface area (Å²) in [5.74, 6) is 1.04. The summed E-state index contributed by atoms with van der Waals surface area (Å²) in [5, 5.41) is 2.09. The van der Waals surface area contributed by atoms with E-state index in [9.17, 15) is 4.79 Å². The summed E-state index contributed by atoms with van der Waals surface area (Å²) in [6, 6.07) is 18.1. The van der Waals surface area contributed by atoms with Gasteiger partial charge in [-0.05, 0) is 35.6 Å². The third-order valence-electron chi connectivity index (χ3n) is 5.19. The van der Waals surface area contributed by atoms with Crippen LogP contribution in [0, 0.1) is 0 Å². The molecule has 0 saturated carbocycles. The van der Waals surface area contributed by atoms with Gasteiger partial charge in [0.05, 0.1) is 17.8 Å². The Bertz CT molecular complexity index is 1130. The number of thiophene rings is 1. The maximum atomic E-state index is 13.1. The lowest BCUT2D eigenvalue weighted by molar-refractivity contribution is 0.0784. The molecule has 1 aromatic carbocycles. The highest BCUT2D eigenvalue weighted by Crippen LogP contribution is 2.25. The Morgan fingerprint density at radius 1 is 1.03 bits per heavy atom. The van der Waals surface area contributed by atoms with Crippen LogP contribution in [0.3, 0.4) is 0 Å². The SMILES string of the molecule is CCc1nc2ccc(C(=O)N(C)Cc3ccccc3)cn2c1N(C)Cc1cccs1. The molecule has 0 unspecified atom stereocenters. The number of carbonyl (C=O) groups is 1. The predicted octanol–water partition coefficient (Wildman–Crippen LogP) is 4.87.